The number of tetrazole rings is 1. The van der Waals surface area contributed by atoms with Gasteiger partial charge in [-0.1, -0.05) is 5.16 Å². The molecule has 0 amide bonds. The van der Waals surface area contributed by atoms with E-state index in [0.29, 0.717) is 11.4 Å². The molecule has 0 radical (unpaired) electrons. The van der Waals surface area contributed by atoms with Gasteiger partial charge in [0.05, 0.1) is 0 Å². The molecule has 2 heterocycles. The van der Waals surface area contributed by atoms with Gasteiger partial charge in [0, 0.05) is 17.5 Å². The van der Waals surface area contributed by atoms with Crippen LogP contribution in [-0.4, -0.2) is 30.8 Å². The number of anilines is 1. The minimum absolute atomic E-state index is 0.201. The first-order valence-corrected chi connectivity index (χ1v) is 6.03. The van der Waals surface area contributed by atoms with Crippen molar-refractivity contribution < 1.29 is 4.52 Å². The molecule has 0 spiro atoms. The van der Waals surface area contributed by atoms with E-state index in [2.05, 4.69) is 40.6 Å². The molecule has 3 rings (SSSR count). The van der Waals surface area contributed by atoms with Crippen LogP contribution in [0.15, 0.2) is 39.8 Å². The Labute approximate surface area is 122 Å². The minimum atomic E-state index is -0.612. The molecule has 0 bridgehead atoms. The van der Waals surface area contributed by atoms with E-state index < -0.39 is 5.76 Å². The Morgan fingerprint density at radius 1 is 1.36 bits per heavy atom. The predicted molar refractivity (Wildman–Crippen MR) is 74.0 cm³/mol. The fourth-order valence-corrected chi connectivity index (χ4v) is 1.66. The van der Waals surface area contributed by atoms with Gasteiger partial charge in [0.25, 0.3) is 0 Å². The van der Waals surface area contributed by atoms with Gasteiger partial charge in [-0.25, -0.2) is 4.79 Å². The van der Waals surface area contributed by atoms with Crippen molar-refractivity contribution >= 4 is 11.3 Å². The van der Waals surface area contributed by atoms with Crippen molar-refractivity contribution in [1.29, 1.82) is 5.26 Å². The first-order chi connectivity index (χ1) is 10.8. The van der Waals surface area contributed by atoms with E-state index in [-0.39, 0.29) is 11.4 Å². The average molecular weight is 296 g/mol. The van der Waals surface area contributed by atoms with E-state index in [1.54, 1.807) is 24.3 Å². The molecule has 0 saturated heterocycles. The van der Waals surface area contributed by atoms with Gasteiger partial charge in [0.1, 0.15) is 11.6 Å². The largest absolute Gasteiger partial charge is 0.439 e. The summed E-state index contributed by atoms with van der Waals surface area (Å²) in [6, 6.07) is 8.96. The molecule has 0 unspecified atom stereocenters. The molecule has 22 heavy (non-hydrogen) atoms. The van der Waals surface area contributed by atoms with Gasteiger partial charge in [-0.3, -0.25) is 9.51 Å². The summed E-state index contributed by atoms with van der Waals surface area (Å²) in [7, 11) is 0. The first kappa shape index (κ1) is 13.3. The van der Waals surface area contributed by atoms with Gasteiger partial charge in [-0.15, -0.1) is 10.2 Å². The molecule has 0 aliphatic heterocycles. The number of allylic oxidation sites excluding steroid dienone is 1. The standard InChI is InChI=1S/C12H8N8O2/c13-5-8(11-16-19-20-17-11)6-14-9-3-1-7(2-4-9)10-15-12(21)22-18-10/h1-4,6,14H,(H,15,18,21)(H,16,17,19,20). The smallest absolute Gasteiger partial charge is 0.360 e. The molecule has 10 nitrogen and oxygen atoms in total. The number of benzene rings is 1. The highest BCUT2D eigenvalue weighted by atomic mass is 16.5. The third kappa shape index (κ3) is 2.73. The highest BCUT2D eigenvalue weighted by molar-refractivity contribution is 5.74. The maximum absolute atomic E-state index is 10.9. The second-order valence-corrected chi connectivity index (χ2v) is 4.07. The highest BCUT2D eigenvalue weighted by Gasteiger charge is 2.06. The number of nitrogens with zero attached hydrogens (tertiary/aromatic N) is 5. The molecule has 0 saturated carbocycles. The van der Waals surface area contributed by atoms with E-state index in [4.69, 9.17) is 5.26 Å². The topological polar surface area (TPSA) is 149 Å². The lowest BCUT2D eigenvalue weighted by Crippen LogP contribution is -1.95. The van der Waals surface area contributed by atoms with E-state index in [9.17, 15) is 4.79 Å². The van der Waals surface area contributed by atoms with Crippen LogP contribution in [0.2, 0.25) is 0 Å². The predicted octanol–water partition coefficient (Wildman–Crippen LogP) is 0.520. The summed E-state index contributed by atoms with van der Waals surface area (Å²) in [5.41, 5.74) is 1.66. The SMILES string of the molecule is N#CC(=CNc1ccc(-c2noc(=O)[nH]2)cc1)c1nn[nH]n1. The summed E-state index contributed by atoms with van der Waals surface area (Å²) in [6.45, 7) is 0. The number of nitrogens with one attached hydrogen (secondary N) is 3. The summed E-state index contributed by atoms with van der Waals surface area (Å²) in [4.78, 5) is 13.4. The van der Waals surface area contributed by atoms with Crippen LogP contribution < -0.4 is 11.1 Å². The molecule has 1 aromatic carbocycles. The normalized spacial score (nSPS) is 11.1. The van der Waals surface area contributed by atoms with E-state index in [1.165, 1.54) is 6.20 Å². The fourth-order valence-electron chi connectivity index (χ4n) is 1.66. The van der Waals surface area contributed by atoms with Crippen molar-refractivity contribution in [2.45, 2.75) is 0 Å². The van der Waals surface area contributed by atoms with Gasteiger partial charge in [-0.05, 0) is 29.5 Å². The number of hydrogen-bond acceptors (Lipinski definition) is 8. The first-order valence-electron chi connectivity index (χ1n) is 6.03. The van der Waals surface area contributed by atoms with Crippen LogP contribution in [0.3, 0.4) is 0 Å². The van der Waals surface area contributed by atoms with Gasteiger partial charge in [0.15, 0.2) is 5.82 Å². The Hall–Kier alpha value is -3.74. The van der Waals surface area contributed by atoms with Crippen LogP contribution in [0.4, 0.5) is 5.69 Å². The van der Waals surface area contributed by atoms with Crippen LogP contribution in [0.1, 0.15) is 5.82 Å². The maximum atomic E-state index is 10.9. The number of hydrogen-bond donors (Lipinski definition) is 3. The third-order valence-electron chi connectivity index (χ3n) is 2.69. The van der Waals surface area contributed by atoms with Crippen molar-refractivity contribution in [3.05, 3.63) is 46.8 Å². The van der Waals surface area contributed by atoms with Crippen LogP contribution in [0.25, 0.3) is 17.0 Å². The molecule has 3 aromatic rings. The summed E-state index contributed by atoms with van der Waals surface area (Å²) in [5, 5.41) is 28.7. The van der Waals surface area contributed by atoms with Gasteiger partial charge in [0.2, 0.25) is 5.82 Å². The third-order valence-corrected chi connectivity index (χ3v) is 2.69. The van der Waals surface area contributed by atoms with Crippen molar-refractivity contribution in [3.63, 3.8) is 0 Å². The Balaban J connectivity index is 1.76. The Morgan fingerprint density at radius 2 is 2.18 bits per heavy atom. The second kappa shape index (κ2) is 5.71. The zero-order valence-electron chi connectivity index (χ0n) is 10.9. The molecule has 0 fully saturated rings. The van der Waals surface area contributed by atoms with Crippen molar-refractivity contribution in [2.24, 2.45) is 0 Å². The van der Waals surface area contributed by atoms with Gasteiger partial charge >= 0.3 is 5.76 Å². The summed E-state index contributed by atoms with van der Waals surface area (Å²) in [5.74, 6) is -0.0673. The van der Waals surface area contributed by atoms with Crippen LogP contribution in [0, 0.1) is 11.3 Å². The van der Waals surface area contributed by atoms with Crippen LogP contribution >= 0.6 is 0 Å². The molecule has 10 heteroatoms. The minimum Gasteiger partial charge on any atom is -0.360 e. The number of H-pyrrole nitrogens is 2. The molecule has 3 N–H and O–H groups in total. The second-order valence-electron chi connectivity index (χ2n) is 4.07. The monoisotopic (exact) mass is 296 g/mol. The van der Waals surface area contributed by atoms with Crippen LogP contribution in [0.5, 0.6) is 0 Å². The zero-order valence-corrected chi connectivity index (χ0v) is 10.9. The highest BCUT2D eigenvalue weighted by Crippen LogP contribution is 2.17. The average Bonchev–Trinajstić information content (AvgIpc) is 3.20. The quantitative estimate of drug-likeness (QED) is 0.590. The molecule has 0 aliphatic carbocycles. The molecular formula is C12H8N8O2. The van der Waals surface area contributed by atoms with Crippen molar-refractivity contribution in [3.8, 4) is 17.5 Å². The van der Waals surface area contributed by atoms with Crippen molar-refractivity contribution in [1.82, 2.24) is 30.8 Å². The molecule has 2 aromatic heterocycles. The molecular weight excluding hydrogens is 288 g/mol. The number of nitriles is 1. The maximum Gasteiger partial charge on any atom is 0.439 e. The lowest BCUT2D eigenvalue weighted by atomic mass is 10.2. The zero-order chi connectivity index (χ0) is 15.4. The lowest BCUT2D eigenvalue weighted by Gasteiger charge is -2.02. The molecule has 108 valence electrons. The molecule has 0 atom stereocenters. The van der Waals surface area contributed by atoms with E-state index >= 15 is 0 Å². The summed E-state index contributed by atoms with van der Waals surface area (Å²) in [6.07, 6.45) is 1.47. The molecule has 0 aliphatic rings. The summed E-state index contributed by atoms with van der Waals surface area (Å²) >= 11 is 0. The lowest BCUT2D eigenvalue weighted by molar-refractivity contribution is 0.388. The Kier molecular flexibility index (Phi) is 3.44. The summed E-state index contributed by atoms with van der Waals surface area (Å²) < 4.78 is 4.44. The van der Waals surface area contributed by atoms with Crippen molar-refractivity contribution in [2.75, 3.05) is 5.32 Å². The number of aromatic nitrogens is 6. The Morgan fingerprint density at radius 3 is 2.77 bits per heavy atom. The Bertz CT molecular complexity index is 882. The van der Waals surface area contributed by atoms with Crippen LogP contribution in [-0.2, 0) is 0 Å². The van der Waals surface area contributed by atoms with Gasteiger partial charge in [-0.2, -0.15) is 10.5 Å². The van der Waals surface area contributed by atoms with Gasteiger partial charge < -0.3 is 5.32 Å². The van der Waals surface area contributed by atoms with E-state index in [0.717, 1.165) is 5.69 Å². The van der Waals surface area contributed by atoms with E-state index in [1.807, 2.05) is 6.07 Å². The number of rotatable bonds is 4. The fraction of sp³-hybridized carbons (Fsp3) is 0. The number of aromatic amines is 2.